The highest BCUT2D eigenvalue weighted by molar-refractivity contribution is 5.81. The van der Waals surface area contributed by atoms with E-state index in [2.05, 4.69) is 4.98 Å². The fourth-order valence-electron chi connectivity index (χ4n) is 4.42. The molecule has 1 unspecified atom stereocenters. The topological polar surface area (TPSA) is 90.3 Å². The Hall–Kier alpha value is -3.68. The van der Waals surface area contributed by atoms with Crippen LogP contribution < -0.4 is 11.3 Å². The minimum atomic E-state index is -0.654. The van der Waals surface area contributed by atoms with Gasteiger partial charge in [0.05, 0.1) is 22.7 Å². The van der Waals surface area contributed by atoms with E-state index in [1.54, 1.807) is 40.7 Å². The molecule has 4 aromatic rings. The van der Waals surface area contributed by atoms with Gasteiger partial charge in [-0.15, -0.1) is 0 Å². The lowest BCUT2D eigenvalue weighted by atomic mass is 10.0. The van der Waals surface area contributed by atoms with Gasteiger partial charge in [-0.05, 0) is 44.0 Å². The number of nitrogens with zero attached hydrogens (tertiary/aromatic N) is 4. The van der Waals surface area contributed by atoms with Gasteiger partial charge in [-0.2, -0.15) is 0 Å². The lowest BCUT2D eigenvalue weighted by molar-refractivity contribution is -0.135. The molecule has 0 saturated carbocycles. The highest BCUT2D eigenvalue weighted by Gasteiger charge is 2.30. The van der Waals surface area contributed by atoms with Crippen LogP contribution in [-0.2, 0) is 4.79 Å². The monoisotopic (exact) mass is 418 g/mol. The van der Waals surface area contributed by atoms with E-state index < -0.39 is 6.04 Å². The molecule has 158 valence electrons. The molecule has 3 heterocycles. The van der Waals surface area contributed by atoms with Crippen molar-refractivity contribution in [3.05, 3.63) is 75.8 Å². The highest BCUT2D eigenvalue weighted by Crippen LogP contribution is 2.26. The van der Waals surface area contributed by atoms with Gasteiger partial charge in [-0.25, -0.2) is 9.78 Å². The number of likely N-dealkylation sites (tertiary alicyclic amines) is 1. The van der Waals surface area contributed by atoms with Crippen LogP contribution in [0.3, 0.4) is 0 Å². The number of carbonyl (C=O) groups is 1. The lowest BCUT2D eigenvalue weighted by Crippen LogP contribution is -2.44. The van der Waals surface area contributed by atoms with Crippen molar-refractivity contribution >= 4 is 27.9 Å². The number of para-hydroxylation sites is 3. The summed E-state index contributed by atoms with van der Waals surface area (Å²) in [5, 5.41) is 0.495. The van der Waals surface area contributed by atoms with Crippen molar-refractivity contribution in [2.45, 2.75) is 31.8 Å². The molecule has 1 fully saturated rings. The molecule has 1 aliphatic rings. The zero-order valence-corrected chi connectivity index (χ0v) is 17.1. The van der Waals surface area contributed by atoms with Crippen molar-refractivity contribution in [2.75, 3.05) is 13.1 Å². The second-order valence-electron chi connectivity index (χ2n) is 7.91. The van der Waals surface area contributed by atoms with Crippen molar-refractivity contribution in [3.63, 3.8) is 0 Å². The number of hydrogen-bond acceptors (Lipinski definition) is 5. The number of aromatic nitrogens is 3. The molecular weight excluding hydrogens is 396 g/mol. The molecule has 31 heavy (non-hydrogen) atoms. The van der Waals surface area contributed by atoms with Crippen LogP contribution in [-0.4, -0.2) is 38.0 Å². The van der Waals surface area contributed by atoms with Crippen LogP contribution in [0.15, 0.2) is 68.9 Å². The van der Waals surface area contributed by atoms with E-state index >= 15 is 0 Å². The molecular formula is C23H22N4O4. The second kappa shape index (κ2) is 7.54. The molecule has 2 aromatic carbocycles. The summed E-state index contributed by atoms with van der Waals surface area (Å²) in [6.45, 7) is 2.74. The molecule has 0 bridgehead atoms. The van der Waals surface area contributed by atoms with Gasteiger partial charge < -0.3 is 9.32 Å². The minimum Gasteiger partial charge on any atom is -0.408 e. The normalized spacial score (nSPS) is 16.1. The Labute approximate surface area is 177 Å². The molecule has 1 amide bonds. The number of fused-ring (bicyclic) bond motifs is 2. The zero-order valence-electron chi connectivity index (χ0n) is 17.1. The molecule has 0 spiro atoms. The maximum atomic E-state index is 13.1. The van der Waals surface area contributed by atoms with Crippen LogP contribution >= 0.6 is 0 Å². The number of oxazole rings is 1. The first-order valence-corrected chi connectivity index (χ1v) is 10.4. The molecule has 0 N–H and O–H groups in total. The van der Waals surface area contributed by atoms with E-state index in [1.165, 1.54) is 10.9 Å². The Balaban J connectivity index is 1.34. The first-order valence-electron chi connectivity index (χ1n) is 10.4. The fourth-order valence-corrected chi connectivity index (χ4v) is 4.42. The van der Waals surface area contributed by atoms with Gasteiger partial charge >= 0.3 is 5.76 Å². The smallest absolute Gasteiger partial charge is 0.408 e. The summed E-state index contributed by atoms with van der Waals surface area (Å²) in [6, 6.07) is 13.8. The average Bonchev–Trinajstić information content (AvgIpc) is 3.14. The summed E-state index contributed by atoms with van der Waals surface area (Å²) in [4.78, 5) is 44.4. The minimum absolute atomic E-state index is 0.0273. The third-order valence-corrected chi connectivity index (χ3v) is 6.12. The van der Waals surface area contributed by atoms with Gasteiger partial charge in [0.2, 0.25) is 5.91 Å². The molecule has 1 atom stereocenters. The number of carbonyl (C=O) groups excluding carboxylic acids is 1. The zero-order chi connectivity index (χ0) is 21.5. The van der Waals surface area contributed by atoms with Crippen molar-refractivity contribution in [1.82, 2.24) is 19.0 Å². The van der Waals surface area contributed by atoms with Crippen LogP contribution in [0, 0.1) is 0 Å². The van der Waals surface area contributed by atoms with Gasteiger partial charge in [0.1, 0.15) is 6.04 Å². The Morgan fingerprint density at radius 1 is 1.06 bits per heavy atom. The molecule has 8 nitrogen and oxygen atoms in total. The largest absolute Gasteiger partial charge is 0.420 e. The van der Waals surface area contributed by atoms with Crippen LogP contribution in [0.25, 0.3) is 22.0 Å². The van der Waals surface area contributed by atoms with Gasteiger partial charge in [0.25, 0.3) is 5.56 Å². The molecule has 0 radical (unpaired) electrons. The fraction of sp³-hybridized carbons (Fsp3) is 0.304. The number of piperidine rings is 1. The van der Waals surface area contributed by atoms with Crippen LogP contribution in [0.5, 0.6) is 0 Å². The standard InChI is InChI=1S/C23H22N4O4/c1-15(26-14-24-18-7-3-2-6-17(18)22(26)29)21(28)25-12-10-16(11-13-25)27-19-8-4-5-9-20(19)31-23(27)30/h2-9,14-16H,10-13H2,1H3. The summed E-state index contributed by atoms with van der Waals surface area (Å²) in [5.74, 6) is -0.491. The highest BCUT2D eigenvalue weighted by atomic mass is 16.4. The number of benzene rings is 2. The number of amides is 1. The van der Waals surface area contributed by atoms with E-state index in [0.717, 1.165) is 5.52 Å². The Kier molecular flexibility index (Phi) is 4.69. The Bertz CT molecular complexity index is 1390. The van der Waals surface area contributed by atoms with Gasteiger partial charge in [0.15, 0.2) is 5.58 Å². The molecule has 1 saturated heterocycles. The maximum Gasteiger partial charge on any atom is 0.420 e. The second-order valence-corrected chi connectivity index (χ2v) is 7.91. The van der Waals surface area contributed by atoms with Crippen LogP contribution in [0.1, 0.15) is 31.8 Å². The summed E-state index contributed by atoms with van der Waals surface area (Å²) in [6.07, 6.45) is 2.73. The lowest BCUT2D eigenvalue weighted by Gasteiger charge is -2.34. The summed E-state index contributed by atoms with van der Waals surface area (Å²) >= 11 is 0. The van der Waals surface area contributed by atoms with Crippen LogP contribution in [0.2, 0.25) is 0 Å². The van der Waals surface area contributed by atoms with E-state index in [9.17, 15) is 14.4 Å². The Morgan fingerprint density at radius 2 is 1.77 bits per heavy atom. The third-order valence-electron chi connectivity index (χ3n) is 6.12. The number of rotatable bonds is 3. The van der Waals surface area contributed by atoms with Gasteiger partial charge in [-0.1, -0.05) is 24.3 Å². The summed E-state index contributed by atoms with van der Waals surface area (Å²) < 4.78 is 8.44. The first-order chi connectivity index (χ1) is 15.0. The first kappa shape index (κ1) is 19.3. The maximum absolute atomic E-state index is 13.1. The van der Waals surface area contributed by atoms with E-state index in [1.807, 2.05) is 24.3 Å². The molecule has 2 aromatic heterocycles. The Morgan fingerprint density at radius 3 is 2.58 bits per heavy atom. The van der Waals surface area contributed by atoms with Gasteiger partial charge in [0, 0.05) is 19.1 Å². The van der Waals surface area contributed by atoms with Crippen molar-refractivity contribution in [1.29, 1.82) is 0 Å². The molecule has 0 aliphatic carbocycles. The third kappa shape index (κ3) is 3.24. The SMILES string of the molecule is CC(C(=O)N1CCC(n2c(=O)oc3ccccc32)CC1)n1cnc2ccccc2c1=O. The quantitative estimate of drug-likeness (QED) is 0.510. The predicted octanol–water partition coefficient (Wildman–Crippen LogP) is 2.73. The van der Waals surface area contributed by atoms with E-state index in [-0.39, 0.29) is 23.3 Å². The molecule has 5 rings (SSSR count). The van der Waals surface area contributed by atoms with Crippen molar-refractivity contribution in [2.24, 2.45) is 0 Å². The van der Waals surface area contributed by atoms with E-state index in [4.69, 9.17) is 4.42 Å². The van der Waals surface area contributed by atoms with E-state index in [0.29, 0.717) is 42.4 Å². The van der Waals surface area contributed by atoms with Crippen molar-refractivity contribution < 1.29 is 9.21 Å². The van der Waals surface area contributed by atoms with Gasteiger partial charge in [-0.3, -0.25) is 18.7 Å². The predicted molar refractivity (Wildman–Crippen MR) is 116 cm³/mol. The summed E-state index contributed by atoms with van der Waals surface area (Å²) in [7, 11) is 0. The summed E-state index contributed by atoms with van der Waals surface area (Å²) in [5.41, 5.74) is 1.74. The average molecular weight is 418 g/mol. The number of hydrogen-bond donors (Lipinski definition) is 0. The van der Waals surface area contributed by atoms with Crippen LogP contribution in [0.4, 0.5) is 0 Å². The molecule has 1 aliphatic heterocycles. The molecule has 8 heteroatoms. The van der Waals surface area contributed by atoms with Crippen molar-refractivity contribution in [3.8, 4) is 0 Å².